The number of hydrogen-bond donors (Lipinski definition) is 1. The molecule has 0 unspecified atom stereocenters. The Kier molecular flexibility index (Phi) is 8.92. The highest BCUT2D eigenvalue weighted by molar-refractivity contribution is 6.14. The lowest BCUT2D eigenvalue weighted by Gasteiger charge is -2.13. The van der Waals surface area contributed by atoms with Crippen molar-refractivity contribution in [3.63, 3.8) is 0 Å². The lowest BCUT2D eigenvalue weighted by atomic mass is 10.2. The number of carbonyl (C=O) groups is 2. The van der Waals surface area contributed by atoms with E-state index < -0.39 is 11.9 Å². The summed E-state index contributed by atoms with van der Waals surface area (Å²) in [5.41, 5.74) is 0.411. The molecule has 0 heterocycles. The molecule has 1 aromatic rings. The van der Waals surface area contributed by atoms with Gasteiger partial charge in [-0.25, -0.2) is 9.59 Å². The number of ether oxygens (including phenoxy) is 4. The third-order valence-corrected chi connectivity index (χ3v) is 2.92. The van der Waals surface area contributed by atoms with Crippen molar-refractivity contribution in [1.29, 1.82) is 0 Å². The van der Waals surface area contributed by atoms with Crippen LogP contribution in [0.2, 0.25) is 0 Å². The van der Waals surface area contributed by atoms with Gasteiger partial charge in [0.15, 0.2) is 17.1 Å². The Morgan fingerprint density at radius 2 is 1.44 bits per heavy atom. The first-order chi connectivity index (χ1) is 12.1. The van der Waals surface area contributed by atoms with E-state index in [1.54, 1.807) is 32.0 Å². The van der Waals surface area contributed by atoms with Crippen molar-refractivity contribution in [3.8, 4) is 11.5 Å². The predicted molar refractivity (Wildman–Crippen MR) is 93.8 cm³/mol. The van der Waals surface area contributed by atoms with Crippen LogP contribution in [0.1, 0.15) is 27.7 Å². The van der Waals surface area contributed by atoms with Gasteiger partial charge < -0.3 is 24.3 Å². The lowest BCUT2D eigenvalue weighted by Crippen LogP contribution is -2.19. The number of carbonyl (C=O) groups excluding carboxylic acids is 2. The molecular formula is C18H25NO6. The quantitative estimate of drug-likeness (QED) is 0.300. The smallest absolute Gasteiger partial charge is 0.347 e. The van der Waals surface area contributed by atoms with E-state index in [9.17, 15) is 9.59 Å². The van der Waals surface area contributed by atoms with E-state index >= 15 is 0 Å². The highest BCUT2D eigenvalue weighted by atomic mass is 16.6. The van der Waals surface area contributed by atoms with Crippen LogP contribution in [0.4, 0.5) is 5.69 Å². The molecule has 0 spiro atoms. The SMILES string of the molecule is CCOC(=O)C(=CNc1ccc(OCC)c(OCC)c1)C(=O)OCC. The fourth-order valence-electron chi connectivity index (χ4n) is 1.92. The Hall–Kier alpha value is -2.70. The molecule has 1 aromatic carbocycles. The molecule has 0 bridgehead atoms. The van der Waals surface area contributed by atoms with Gasteiger partial charge in [0.1, 0.15) is 0 Å². The molecule has 0 saturated carbocycles. The fourth-order valence-corrected chi connectivity index (χ4v) is 1.92. The zero-order valence-electron chi connectivity index (χ0n) is 15.1. The molecule has 0 fully saturated rings. The summed E-state index contributed by atoms with van der Waals surface area (Å²) in [5.74, 6) is -0.305. The van der Waals surface area contributed by atoms with Gasteiger partial charge in [0.05, 0.1) is 26.4 Å². The Morgan fingerprint density at radius 3 is 1.96 bits per heavy atom. The summed E-state index contributed by atoms with van der Waals surface area (Å²) in [6.45, 7) is 8.40. The highest BCUT2D eigenvalue weighted by Gasteiger charge is 2.21. The number of esters is 2. The Balaban J connectivity index is 3.02. The van der Waals surface area contributed by atoms with Gasteiger partial charge in [-0.05, 0) is 39.8 Å². The Labute approximate surface area is 147 Å². The molecule has 0 aliphatic rings. The van der Waals surface area contributed by atoms with Crippen LogP contribution in [-0.2, 0) is 19.1 Å². The minimum atomic E-state index is -0.746. The Bertz CT molecular complexity index is 592. The van der Waals surface area contributed by atoms with Crippen LogP contribution in [-0.4, -0.2) is 38.4 Å². The second kappa shape index (κ2) is 11.0. The molecule has 0 aliphatic heterocycles. The number of rotatable bonds is 10. The van der Waals surface area contributed by atoms with Crippen LogP contribution in [0.5, 0.6) is 11.5 Å². The summed E-state index contributed by atoms with van der Waals surface area (Å²) >= 11 is 0. The fraction of sp³-hybridized carbons (Fsp3) is 0.444. The molecule has 7 nitrogen and oxygen atoms in total. The van der Waals surface area contributed by atoms with E-state index in [1.807, 2.05) is 13.8 Å². The summed E-state index contributed by atoms with van der Waals surface area (Å²) in [6.07, 6.45) is 1.27. The molecule has 1 rings (SSSR count). The topological polar surface area (TPSA) is 83.1 Å². The average molecular weight is 351 g/mol. The monoisotopic (exact) mass is 351 g/mol. The molecule has 0 saturated heterocycles. The molecule has 0 atom stereocenters. The normalized spacial score (nSPS) is 9.76. The molecule has 0 aliphatic carbocycles. The van der Waals surface area contributed by atoms with Gasteiger partial charge in [-0.3, -0.25) is 0 Å². The maximum atomic E-state index is 11.9. The number of nitrogens with one attached hydrogen (secondary N) is 1. The van der Waals surface area contributed by atoms with Crippen molar-refractivity contribution in [2.24, 2.45) is 0 Å². The molecular weight excluding hydrogens is 326 g/mol. The van der Waals surface area contributed by atoms with Crippen LogP contribution in [0.25, 0.3) is 0 Å². The second-order valence-corrected chi connectivity index (χ2v) is 4.67. The van der Waals surface area contributed by atoms with E-state index in [-0.39, 0.29) is 18.8 Å². The van der Waals surface area contributed by atoms with Gasteiger partial charge in [-0.15, -0.1) is 0 Å². The maximum Gasteiger partial charge on any atom is 0.347 e. The predicted octanol–water partition coefficient (Wildman–Crippen LogP) is 2.91. The summed E-state index contributed by atoms with van der Waals surface area (Å²) in [7, 11) is 0. The number of hydrogen-bond acceptors (Lipinski definition) is 7. The third kappa shape index (κ3) is 6.37. The van der Waals surface area contributed by atoms with Crippen molar-refractivity contribution in [3.05, 3.63) is 30.0 Å². The van der Waals surface area contributed by atoms with Crippen LogP contribution in [0, 0.1) is 0 Å². The van der Waals surface area contributed by atoms with E-state index in [1.165, 1.54) is 6.20 Å². The highest BCUT2D eigenvalue weighted by Crippen LogP contribution is 2.30. The summed E-state index contributed by atoms with van der Waals surface area (Å²) in [4.78, 5) is 23.8. The van der Waals surface area contributed by atoms with Gasteiger partial charge in [0, 0.05) is 18.0 Å². The van der Waals surface area contributed by atoms with Crippen molar-refractivity contribution in [2.45, 2.75) is 27.7 Å². The van der Waals surface area contributed by atoms with Gasteiger partial charge in [-0.2, -0.15) is 0 Å². The zero-order valence-corrected chi connectivity index (χ0v) is 15.1. The number of benzene rings is 1. The van der Waals surface area contributed by atoms with E-state index in [4.69, 9.17) is 18.9 Å². The van der Waals surface area contributed by atoms with E-state index in [2.05, 4.69) is 5.32 Å². The van der Waals surface area contributed by atoms with Crippen molar-refractivity contribution < 1.29 is 28.5 Å². The minimum absolute atomic E-state index is 0.160. The standard InChI is InChI=1S/C18H25NO6/c1-5-22-15-10-9-13(11-16(15)23-6-2)19-12-14(17(20)24-7-3)18(21)25-8-4/h9-12,19H,5-8H2,1-4H3. The summed E-state index contributed by atoms with van der Waals surface area (Å²) < 4.78 is 20.8. The van der Waals surface area contributed by atoms with Gasteiger partial charge >= 0.3 is 11.9 Å². The number of anilines is 1. The minimum Gasteiger partial charge on any atom is -0.490 e. The zero-order chi connectivity index (χ0) is 18.7. The third-order valence-electron chi connectivity index (χ3n) is 2.92. The van der Waals surface area contributed by atoms with E-state index in [0.29, 0.717) is 30.4 Å². The molecule has 25 heavy (non-hydrogen) atoms. The molecule has 0 radical (unpaired) electrons. The lowest BCUT2D eigenvalue weighted by molar-refractivity contribution is -0.146. The molecule has 7 heteroatoms. The first-order valence-corrected chi connectivity index (χ1v) is 8.27. The average Bonchev–Trinajstić information content (AvgIpc) is 2.58. The van der Waals surface area contributed by atoms with Gasteiger partial charge in [0.25, 0.3) is 0 Å². The van der Waals surface area contributed by atoms with Crippen molar-refractivity contribution in [2.75, 3.05) is 31.7 Å². The summed E-state index contributed by atoms with van der Waals surface area (Å²) in [5, 5.41) is 2.89. The second-order valence-electron chi connectivity index (χ2n) is 4.67. The van der Waals surface area contributed by atoms with Crippen LogP contribution < -0.4 is 14.8 Å². The van der Waals surface area contributed by atoms with Crippen LogP contribution in [0.3, 0.4) is 0 Å². The first-order valence-electron chi connectivity index (χ1n) is 8.27. The maximum absolute atomic E-state index is 11.9. The van der Waals surface area contributed by atoms with Crippen LogP contribution >= 0.6 is 0 Å². The summed E-state index contributed by atoms with van der Waals surface area (Å²) in [6, 6.07) is 5.22. The van der Waals surface area contributed by atoms with Crippen molar-refractivity contribution >= 4 is 17.6 Å². The largest absolute Gasteiger partial charge is 0.490 e. The van der Waals surface area contributed by atoms with E-state index in [0.717, 1.165) is 0 Å². The molecule has 0 amide bonds. The van der Waals surface area contributed by atoms with Gasteiger partial charge in [0.2, 0.25) is 0 Å². The van der Waals surface area contributed by atoms with Crippen molar-refractivity contribution in [1.82, 2.24) is 0 Å². The molecule has 138 valence electrons. The Morgan fingerprint density at radius 1 is 0.880 bits per heavy atom. The molecule has 0 aromatic heterocycles. The van der Waals surface area contributed by atoms with Gasteiger partial charge in [-0.1, -0.05) is 0 Å². The molecule has 1 N–H and O–H groups in total. The first kappa shape index (κ1) is 20.3. The van der Waals surface area contributed by atoms with Crippen LogP contribution in [0.15, 0.2) is 30.0 Å².